The molecule has 0 saturated heterocycles. The van der Waals surface area contributed by atoms with Crippen LogP contribution in [-0.4, -0.2) is 26.6 Å². The Morgan fingerprint density at radius 1 is 0.875 bits per heavy atom. The second-order valence-corrected chi connectivity index (χ2v) is 8.80. The van der Waals surface area contributed by atoms with Crippen LogP contribution in [0.1, 0.15) is 88.7 Å². The molecule has 4 heteroatoms. The van der Waals surface area contributed by atoms with E-state index in [-0.39, 0.29) is 6.29 Å². The highest BCUT2D eigenvalue weighted by atomic mass is 16.7. The quantitative estimate of drug-likeness (QED) is 0.253. The molecule has 1 fully saturated rings. The maximum Gasteiger partial charge on any atom is 0.199 e. The van der Waals surface area contributed by atoms with Crippen LogP contribution in [0.3, 0.4) is 0 Å². The van der Waals surface area contributed by atoms with Gasteiger partial charge in [0.1, 0.15) is 12.4 Å². The van der Waals surface area contributed by atoms with Gasteiger partial charge >= 0.3 is 0 Å². The third kappa shape index (κ3) is 6.90. The second-order valence-electron chi connectivity index (χ2n) is 8.80. The Kier molecular flexibility index (Phi) is 9.73. The lowest BCUT2D eigenvalue weighted by Crippen LogP contribution is -2.22. The van der Waals surface area contributed by atoms with Crippen molar-refractivity contribution in [2.75, 3.05) is 20.3 Å². The molecule has 32 heavy (non-hydrogen) atoms. The van der Waals surface area contributed by atoms with E-state index in [0.717, 1.165) is 30.3 Å². The van der Waals surface area contributed by atoms with Crippen LogP contribution in [0.15, 0.2) is 42.5 Å². The van der Waals surface area contributed by atoms with E-state index in [4.69, 9.17) is 18.9 Å². The van der Waals surface area contributed by atoms with E-state index in [2.05, 4.69) is 57.2 Å². The summed E-state index contributed by atoms with van der Waals surface area (Å²) in [6.07, 6.45) is 8.23. The molecule has 0 amide bonds. The zero-order chi connectivity index (χ0) is 22.8. The number of hydrogen-bond donors (Lipinski definition) is 0. The summed E-state index contributed by atoms with van der Waals surface area (Å²) in [6.45, 7) is 7.42. The van der Waals surface area contributed by atoms with Gasteiger partial charge < -0.3 is 18.9 Å². The summed E-state index contributed by atoms with van der Waals surface area (Å²) >= 11 is 0. The molecular weight excluding hydrogens is 400 g/mol. The Labute approximate surface area is 194 Å². The molecule has 3 rings (SSSR count). The van der Waals surface area contributed by atoms with E-state index in [1.165, 1.54) is 43.2 Å². The molecule has 176 valence electrons. The van der Waals surface area contributed by atoms with Gasteiger partial charge in [-0.05, 0) is 66.5 Å². The molecule has 0 aliphatic heterocycles. The van der Waals surface area contributed by atoms with E-state index >= 15 is 0 Å². The van der Waals surface area contributed by atoms with Crippen molar-refractivity contribution >= 4 is 0 Å². The summed E-state index contributed by atoms with van der Waals surface area (Å²) in [6, 6.07) is 14.8. The smallest absolute Gasteiger partial charge is 0.199 e. The molecule has 0 aromatic heterocycles. The normalized spacial score (nSPS) is 16.4. The number of benzene rings is 2. The third-order valence-corrected chi connectivity index (χ3v) is 6.57. The first-order valence-electron chi connectivity index (χ1n) is 12.3. The van der Waals surface area contributed by atoms with Gasteiger partial charge in [-0.15, -0.1) is 0 Å². The van der Waals surface area contributed by atoms with Crippen molar-refractivity contribution in [2.45, 2.75) is 83.8 Å². The van der Waals surface area contributed by atoms with Crippen LogP contribution < -0.4 is 14.2 Å². The van der Waals surface area contributed by atoms with Crippen molar-refractivity contribution in [1.29, 1.82) is 0 Å². The highest BCUT2D eigenvalue weighted by molar-refractivity contribution is 5.44. The lowest BCUT2D eigenvalue weighted by Gasteiger charge is -2.22. The summed E-state index contributed by atoms with van der Waals surface area (Å²) in [5.74, 6) is 3.57. The fourth-order valence-corrected chi connectivity index (χ4v) is 4.31. The molecular formula is C28H40O4. The van der Waals surface area contributed by atoms with Crippen LogP contribution >= 0.6 is 0 Å². The molecule has 0 heterocycles. The van der Waals surface area contributed by atoms with Crippen molar-refractivity contribution in [3.63, 3.8) is 0 Å². The van der Waals surface area contributed by atoms with Crippen LogP contribution in [0.2, 0.25) is 0 Å². The summed E-state index contributed by atoms with van der Waals surface area (Å²) in [5.41, 5.74) is 2.70. The lowest BCUT2D eigenvalue weighted by atomic mass is 9.84. The molecule has 0 spiro atoms. The monoisotopic (exact) mass is 440 g/mol. The van der Waals surface area contributed by atoms with Crippen molar-refractivity contribution in [3.8, 4) is 17.2 Å². The van der Waals surface area contributed by atoms with E-state index in [9.17, 15) is 0 Å². The number of hydrogen-bond acceptors (Lipinski definition) is 4. The van der Waals surface area contributed by atoms with Crippen LogP contribution in [0.5, 0.6) is 17.2 Å². The van der Waals surface area contributed by atoms with Crippen LogP contribution in [0, 0.1) is 0 Å². The van der Waals surface area contributed by atoms with E-state index < -0.39 is 0 Å². The predicted octanol–water partition coefficient (Wildman–Crippen LogP) is 7.47. The number of ether oxygens (including phenoxy) is 4. The zero-order valence-corrected chi connectivity index (χ0v) is 20.3. The molecule has 2 aromatic rings. The molecule has 1 saturated carbocycles. The summed E-state index contributed by atoms with van der Waals surface area (Å²) in [7, 11) is 1.68. The first-order valence-corrected chi connectivity index (χ1v) is 12.3. The highest BCUT2D eigenvalue weighted by Gasteiger charge is 2.16. The molecule has 0 bridgehead atoms. The SMILES string of the molecule is CCC(OCCOc1ccc(C2CCCCC2)cc1)Oc1ccc(C(C)CC)cc1OC. The minimum atomic E-state index is -0.337. The second kappa shape index (κ2) is 12.7. The Hall–Kier alpha value is -2.20. The van der Waals surface area contributed by atoms with Gasteiger partial charge in [0.15, 0.2) is 17.8 Å². The maximum absolute atomic E-state index is 6.09. The topological polar surface area (TPSA) is 36.9 Å². The standard InChI is InChI=1S/C28H40O4/c1-5-21(3)24-14-17-26(27(20-24)29-4)32-28(6-2)31-19-18-30-25-15-12-23(13-16-25)22-10-8-7-9-11-22/h12-17,20-22,28H,5-11,18-19H2,1-4H3. The minimum absolute atomic E-state index is 0.337. The Morgan fingerprint density at radius 2 is 1.62 bits per heavy atom. The van der Waals surface area contributed by atoms with Crippen molar-refractivity contribution < 1.29 is 18.9 Å². The summed E-state index contributed by atoms with van der Waals surface area (Å²) < 4.78 is 23.5. The third-order valence-electron chi connectivity index (χ3n) is 6.57. The van der Waals surface area contributed by atoms with Crippen molar-refractivity contribution in [3.05, 3.63) is 53.6 Å². The Morgan fingerprint density at radius 3 is 2.28 bits per heavy atom. The molecule has 2 atom stereocenters. The highest BCUT2D eigenvalue weighted by Crippen LogP contribution is 2.34. The van der Waals surface area contributed by atoms with Gasteiger partial charge in [-0.25, -0.2) is 0 Å². The number of rotatable bonds is 12. The fraction of sp³-hybridized carbons (Fsp3) is 0.571. The molecule has 1 aliphatic carbocycles. The van der Waals surface area contributed by atoms with Gasteiger partial charge in [0, 0.05) is 6.42 Å². The average molecular weight is 441 g/mol. The van der Waals surface area contributed by atoms with Crippen LogP contribution in [0.4, 0.5) is 0 Å². The van der Waals surface area contributed by atoms with Gasteiger partial charge in [0.05, 0.1) is 13.7 Å². The summed E-state index contributed by atoms with van der Waals surface area (Å²) in [5, 5.41) is 0. The Balaban J connectivity index is 1.45. The zero-order valence-electron chi connectivity index (χ0n) is 20.3. The van der Waals surface area contributed by atoms with Gasteiger partial charge in [-0.3, -0.25) is 0 Å². The first kappa shape index (κ1) is 24.4. The molecule has 4 nitrogen and oxygen atoms in total. The maximum atomic E-state index is 6.09. The van der Waals surface area contributed by atoms with Gasteiger partial charge in [0.2, 0.25) is 0 Å². The molecule has 1 aliphatic rings. The lowest BCUT2D eigenvalue weighted by molar-refractivity contribution is -0.0889. The first-order chi connectivity index (χ1) is 15.6. The molecule has 0 radical (unpaired) electrons. The van der Waals surface area contributed by atoms with E-state index in [1.54, 1.807) is 7.11 Å². The van der Waals surface area contributed by atoms with E-state index in [0.29, 0.717) is 24.9 Å². The Bertz CT molecular complexity index is 796. The van der Waals surface area contributed by atoms with E-state index in [1.807, 2.05) is 6.07 Å². The number of methoxy groups -OCH3 is 1. The van der Waals surface area contributed by atoms with Crippen molar-refractivity contribution in [2.24, 2.45) is 0 Å². The largest absolute Gasteiger partial charge is 0.493 e. The molecule has 2 aromatic carbocycles. The van der Waals surface area contributed by atoms with Crippen LogP contribution in [0.25, 0.3) is 0 Å². The van der Waals surface area contributed by atoms with Crippen LogP contribution in [-0.2, 0) is 4.74 Å². The van der Waals surface area contributed by atoms with Gasteiger partial charge in [-0.2, -0.15) is 0 Å². The minimum Gasteiger partial charge on any atom is -0.493 e. The summed E-state index contributed by atoms with van der Waals surface area (Å²) in [4.78, 5) is 0. The van der Waals surface area contributed by atoms with Crippen molar-refractivity contribution in [1.82, 2.24) is 0 Å². The predicted molar refractivity (Wildman–Crippen MR) is 130 cm³/mol. The average Bonchev–Trinajstić information content (AvgIpc) is 2.86. The van der Waals surface area contributed by atoms with Gasteiger partial charge in [0.25, 0.3) is 0 Å². The fourth-order valence-electron chi connectivity index (χ4n) is 4.31. The van der Waals surface area contributed by atoms with Gasteiger partial charge in [-0.1, -0.05) is 58.2 Å². The molecule has 2 unspecified atom stereocenters. The molecule has 0 N–H and O–H groups in total.